The van der Waals surface area contributed by atoms with E-state index in [1.165, 1.54) is 13.0 Å². The molecule has 0 spiro atoms. The fraction of sp³-hybridized carbons (Fsp3) is 0.143. The Kier molecular flexibility index (Phi) is 3.19. The lowest BCUT2D eigenvalue weighted by atomic mass is 9.90. The second-order valence-corrected chi connectivity index (χ2v) is 3.93. The van der Waals surface area contributed by atoms with Gasteiger partial charge in [-0.05, 0) is 23.8 Å². The molecule has 0 aromatic heterocycles. The van der Waals surface area contributed by atoms with Gasteiger partial charge in [0.2, 0.25) is 5.91 Å². The third kappa shape index (κ3) is 2.69. The number of nitrogens with one attached hydrogen (secondary N) is 1. The van der Waals surface area contributed by atoms with Crippen LogP contribution in [0.3, 0.4) is 0 Å². The summed E-state index contributed by atoms with van der Waals surface area (Å²) in [5.74, 6) is -0.407. The van der Waals surface area contributed by atoms with Gasteiger partial charge in [0.15, 0.2) is 5.78 Å². The highest BCUT2D eigenvalue weighted by atomic mass is 16.1. The molecule has 0 bridgehead atoms. The van der Waals surface area contributed by atoms with Crippen molar-refractivity contribution in [1.29, 1.82) is 0 Å². The van der Waals surface area contributed by atoms with Crippen molar-refractivity contribution in [2.24, 2.45) is 0 Å². The molecule has 1 N–H and O–H groups in total. The van der Waals surface area contributed by atoms with Gasteiger partial charge in [-0.25, -0.2) is 0 Å². The van der Waals surface area contributed by atoms with E-state index in [2.05, 4.69) is 5.32 Å². The van der Waals surface area contributed by atoms with Crippen LogP contribution in [0.15, 0.2) is 54.3 Å². The largest absolute Gasteiger partial charge is 0.327 e. The second kappa shape index (κ2) is 4.78. The van der Waals surface area contributed by atoms with Crippen molar-refractivity contribution >= 4 is 11.7 Å². The zero-order chi connectivity index (χ0) is 12.3. The summed E-state index contributed by atoms with van der Waals surface area (Å²) in [6, 6.07) is 9.51. The van der Waals surface area contributed by atoms with Gasteiger partial charge in [0.1, 0.15) is 0 Å². The van der Waals surface area contributed by atoms with E-state index < -0.39 is 0 Å². The second-order valence-electron chi connectivity index (χ2n) is 3.93. The van der Waals surface area contributed by atoms with E-state index in [1.54, 1.807) is 12.2 Å². The maximum atomic E-state index is 11.8. The quantitative estimate of drug-likeness (QED) is 0.839. The first-order valence-corrected chi connectivity index (χ1v) is 5.43. The van der Waals surface area contributed by atoms with Crippen molar-refractivity contribution in [2.45, 2.75) is 12.8 Å². The number of allylic oxidation sites excluding steroid dienone is 3. The molecule has 86 valence electrons. The Morgan fingerprint density at radius 1 is 1.18 bits per heavy atom. The molecule has 0 aliphatic heterocycles. The van der Waals surface area contributed by atoms with E-state index in [1.807, 2.05) is 30.3 Å². The van der Waals surface area contributed by atoms with E-state index in [-0.39, 0.29) is 17.6 Å². The van der Waals surface area contributed by atoms with Crippen LogP contribution >= 0.6 is 0 Å². The summed E-state index contributed by atoms with van der Waals surface area (Å²) in [5.41, 5.74) is 1.61. The molecule has 17 heavy (non-hydrogen) atoms. The van der Waals surface area contributed by atoms with Crippen LogP contribution in [0.4, 0.5) is 0 Å². The third-order valence-electron chi connectivity index (χ3n) is 2.56. The van der Waals surface area contributed by atoms with E-state index in [9.17, 15) is 9.59 Å². The van der Waals surface area contributed by atoms with Gasteiger partial charge in [0.05, 0.1) is 5.92 Å². The number of amides is 1. The van der Waals surface area contributed by atoms with Crippen LogP contribution in [0.2, 0.25) is 0 Å². The first-order valence-electron chi connectivity index (χ1n) is 5.43. The highest BCUT2D eigenvalue weighted by Crippen LogP contribution is 2.23. The van der Waals surface area contributed by atoms with Crippen LogP contribution in [0.25, 0.3) is 0 Å². The third-order valence-corrected chi connectivity index (χ3v) is 2.56. The molecule has 1 unspecified atom stereocenters. The van der Waals surface area contributed by atoms with Gasteiger partial charge < -0.3 is 5.32 Å². The molecule has 1 aromatic rings. The Morgan fingerprint density at radius 2 is 1.88 bits per heavy atom. The van der Waals surface area contributed by atoms with Crippen molar-refractivity contribution in [3.05, 3.63) is 59.8 Å². The van der Waals surface area contributed by atoms with Gasteiger partial charge >= 0.3 is 0 Å². The van der Waals surface area contributed by atoms with E-state index >= 15 is 0 Å². The number of hydrogen-bond acceptors (Lipinski definition) is 2. The molecule has 1 atom stereocenters. The molecular formula is C14H13NO2. The van der Waals surface area contributed by atoms with Crippen molar-refractivity contribution in [2.75, 3.05) is 0 Å². The van der Waals surface area contributed by atoms with Crippen LogP contribution < -0.4 is 5.32 Å². The number of hydrogen-bond donors (Lipinski definition) is 1. The summed E-state index contributed by atoms with van der Waals surface area (Å²) in [4.78, 5) is 22.7. The lowest BCUT2D eigenvalue weighted by Crippen LogP contribution is -2.22. The average Bonchev–Trinajstić information content (AvgIpc) is 2.32. The summed E-state index contributed by atoms with van der Waals surface area (Å²) < 4.78 is 0. The molecule has 0 fully saturated rings. The maximum absolute atomic E-state index is 11.8. The van der Waals surface area contributed by atoms with Gasteiger partial charge in [-0.3, -0.25) is 9.59 Å². The van der Waals surface area contributed by atoms with Gasteiger partial charge in [0.25, 0.3) is 0 Å². The first-order chi connectivity index (χ1) is 8.16. The van der Waals surface area contributed by atoms with Crippen LogP contribution in [0.5, 0.6) is 0 Å². The van der Waals surface area contributed by atoms with Crippen molar-refractivity contribution in [3.8, 4) is 0 Å². The maximum Gasteiger partial charge on any atom is 0.221 e. The lowest BCUT2D eigenvalue weighted by Gasteiger charge is -2.16. The molecule has 3 heteroatoms. The zero-order valence-electron chi connectivity index (χ0n) is 9.51. The Bertz CT molecular complexity index is 500. The summed E-state index contributed by atoms with van der Waals surface area (Å²) in [6.07, 6.45) is 4.91. The number of rotatable bonds is 2. The van der Waals surface area contributed by atoms with Gasteiger partial charge in [-0.15, -0.1) is 0 Å². The molecule has 0 saturated heterocycles. The van der Waals surface area contributed by atoms with Gasteiger partial charge in [-0.2, -0.15) is 0 Å². The molecule has 0 saturated carbocycles. The molecular weight excluding hydrogens is 214 g/mol. The number of ketones is 1. The minimum absolute atomic E-state index is 0.0327. The number of carbonyl (C=O) groups excluding carboxylic acids is 2. The Balaban J connectivity index is 2.28. The topological polar surface area (TPSA) is 46.2 Å². The summed E-state index contributed by atoms with van der Waals surface area (Å²) >= 11 is 0. The molecule has 1 aromatic carbocycles. The minimum Gasteiger partial charge on any atom is -0.327 e. The summed E-state index contributed by atoms with van der Waals surface area (Å²) in [5, 5.41) is 2.69. The van der Waals surface area contributed by atoms with E-state index in [0.717, 1.165) is 5.56 Å². The highest BCUT2D eigenvalue weighted by Gasteiger charge is 2.19. The molecule has 0 heterocycles. The standard InChI is InChI=1S/C14H13NO2/c1-10(16)15-12-7-8-14(17)13(9-12)11-5-3-2-4-6-11/h2-9,13H,1H3,(H,15,16). The Morgan fingerprint density at radius 3 is 2.53 bits per heavy atom. The molecule has 1 aliphatic rings. The lowest BCUT2D eigenvalue weighted by molar-refractivity contribution is -0.118. The first kappa shape index (κ1) is 11.3. The monoisotopic (exact) mass is 227 g/mol. The highest BCUT2D eigenvalue weighted by molar-refractivity contribution is 5.99. The van der Waals surface area contributed by atoms with Crippen molar-refractivity contribution in [1.82, 2.24) is 5.32 Å². The molecule has 1 amide bonds. The Hall–Kier alpha value is -2.16. The summed E-state index contributed by atoms with van der Waals surface area (Å²) in [7, 11) is 0. The fourth-order valence-corrected chi connectivity index (χ4v) is 1.80. The predicted molar refractivity (Wildman–Crippen MR) is 65.2 cm³/mol. The number of benzene rings is 1. The van der Waals surface area contributed by atoms with Crippen molar-refractivity contribution < 1.29 is 9.59 Å². The SMILES string of the molecule is CC(=O)NC1=CC(c2ccccc2)C(=O)C=C1. The number of carbonyl (C=O) groups is 2. The van der Waals surface area contributed by atoms with Gasteiger partial charge in [-0.1, -0.05) is 30.3 Å². The predicted octanol–water partition coefficient (Wildman–Crippen LogP) is 1.93. The minimum atomic E-state index is -0.303. The van der Waals surface area contributed by atoms with Gasteiger partial charge in [0, 0.05) is 12.6 Å². The van der Waals surface area contributed by atoms with Crippen LogP contribution in [0, 0.1) is 0 Å². The van der Waals surface area contributed by atoms with E-state index in [4.69, 9.17) is 0 Å². The molecule has 1 aliphatic carbocycles. The molecule has 2 rings (SSSR count). The van der Waals surface area contributed by atoms with E-state index in [0.29, 0.717) is 5.70 Å². The van der Waals surface area contributed by atoms with Crippen LogP contribution in [-0.2, 0) is 9.59 Å². The molecule has 0 radical (unpaired) electrons. The zero-order valence-corrected chi connectivity index (χ0v) is 9.51. The normalized spacial score (nSPS) is 18.8. The van der Waals surface area contributed by atoms with Crippen molar-refractivity contribution in [3.63, 3.8) is 0 Å². The smallest absolute Gasteiger partial charge is 0.221 e. The Labute approximate surface area is 99.8 Å². The average molecular weight is 227 g/mol. The summed E-state index contributed by atoms with van der Waals surface area (Å²) in [6.45, 7) is 1.45. The fourth-order valence-electron chi connectivity index (χ4n) is 1.80. The van der Waals surface area contributed by atoms with Crippen LogP contribution in [0.1, 0.15) is 18.4 Å². The van der Waals surface area contributed by atoms with Crippen LogP contribution in [-0.4, -0.2) is 11.7 Å². The molecule has 3 nitrogen and oxygen atoms in total.